The lowest BCUT2D eigenvalue weighted by Crippen LogP contribution is -2.39. The highest BCUT2D eigenvalue weighted by atomic mass is 16.6. The smallest absolute Gasteiger partial charge is 0.410 e. The first-order valence-electron chi connectivity index (χ1n) is 9.28. The van der Waals surface area contributed by atoms with Crippen molar-refractivity contribution in [2.75, 3.05) is 13.2 Å². The quantitative estimate of drug-likeness (QED) is 0.560. The highest BCUT2D eigenvalue weighted by molar-refractivity contribution is 5.82. The predicted octanol–water partition coefficient (Wildman–Crippen LogP) is 3.70. The zero-order chi connectivity index (χ0) is 19.9. The predicted molar refractivity (Wildman–Crippen MR) is 102 cm³/mol. The van der Waals surface area contributed by atoms with Gasteiger partial charge in [-0.15, -0.1) is 0 Å². The molecule has 1 amide bonds. The van der Waals surface area contributed by atoms with Gasteiger partial charge in [0.1, 0.15) is 5.60 Å². The molecular formula is C21H29NO5. The number of carbonyl (C=O) groups excluding carboxylic acids is 2. The Kier molecular flexibility index (Phi) is 7.42. The van der Waals surface area contributed by atoms with Gasteiger partial charge >= 0.3 is 12.1 Å². The summed E-state index contributed by atoms with van der Waals surface area (Å²) in [6, 6.07) is 9.61. The van der Waals surface area contributed by atoms with E-state index in [4.69, 9.17) is 14.2 Å². The number of hydrogen-bond acceptors (Lipinski definition) is 5. The fourth-order valence-electron chi connectivity index (χ4n) is 2.83. The van der Waals surface area contributed by atoms with Crippen molar-refractivity contribution in [2.24, 2.45) is 0 Å². The molecule has 0 bridgehead atoms. The van der Waals surface area contributed by atoms with Crippen LogP contribution in [0.5, 0.6) is 0 Å². The van der Waals surface area contributed by atoms with Gasteiger partial charge in [-0.3, -0.25) is 4.90 Å². The first-order chi connectivity index (χ1) is 12.8. The molecule has 6 heteroatoms. The van der Waals surface area contributed by atoms with E-state index >= 15 is 0 Å². The molecule has 27 heavy (non-hydrogen) atoms. The van der Waals surface area contributed by atoms with Crippen molar-refractivity contribution < 1.29 is 23.8 Å². The molecule has 1 heterocycles. The number of amides is 1. The van der Waals surface area contributed by atoms with Crippen LogP contribution in [0.1, 0.15) is 39.7 Å². The number of benzene rings is 1. The lowest BCUT2D eigenvalue weighted by Gasteiger charge is -2.27. The average molecular weight is 375 g/mol. The third-order valence-corrected chi connectivity index (χ3v) is 4.00. The van der Waals surface area contributed by atoms with E-state index in [1.807, 2.05) is 51.1 Å². The van der Waals surface area contributed by atoms with E-state index < -0.39 is 17.7 Å². The van der Waals surface area contributed by atoms with Gasteiger partial charge in [0, 0.05) is 6.08 Å². The van der Waals surface area contributed by atoms with Crippen molar-refractivity contribution in [1.29, 1.82) is 0 Å². The molecule has 0 saturated carbocycles. The monoisotopic (exact) mass is 375 g/mol. The molecule has 0 aromatic heterocycles. The molecule has 0 aliphatic carbocycles. The summed E-state index contributed by atoms with van der Waals surface area (Å²) in [5.74, 6) is -0.421. The van der Waals surface area contributed by atoms with Crippen LogP contribution in [0, 0.1) is 0 Å². The van der Waals surface area contributed by atoms with Crippen LogP contribution in [-0.2, 0) is 25.6 Å². The van der Waals surface area contributed by atoms with Crippen molar-refractivity contribution in [1.82, 2.24) is 4.90 Å². The van der Waals surface area contributed by atoms with E-state index in [-0.39, 0.29) is 12.1 Å². The number of hydrogen-bond donors (Lipinski definition) is 0. The van der Waals surface area contributed by atoms with Gasteiger partial charge in [0.15, 0.2) is 0 Å². The van der Waals surface area contributed by atoms with E-state index in [9.17, 15) is 9.59 Å². The minimum absolute atomic E-state index is 0.130. The first kappa shape index (κ1) is 21.0. The molecule has 1 aliphatic rings. The van der Waals surface area contributed by atoms with Crippen LogP contribution < -0.4 is 0 Å². The summed E-state index contributed by atoms with van der Waals surface area (Å²) in [7, 11) is 0. The molecule has 0 spiro atoms. The molecule has 0 radical (unpaired) electrons. The van der Waals surface area contributed by atoms with Crippen LogP contribution in [0.3, 0.4) is 0 Å². The normalized spacial score (nSPS) is 20.1. The summed E-state index contributed by atoms with van der Waals surface area (Å²) < 4.78 is 16.4. The van der Waals surface area contributed by atoms with Gasteiger partial charge in [0.05, 0.1) is 31.9 Å². The van der Waals surface area contributed by atoms with Crippen LogP contribution in [0.25, 0.3) is 0 Å². The lowest BCUT2D eigenvalue weighted by molar-refractivity contribution is -0.137. The van der Waals surface area contributed by atoms with Crippen LogP contribution in [0.4, 0.5) is 4.79 Å². The van der Waals surface area contributed by atoms with Crippen LogP contribution >= 0.6 is 0 Å². The van der Waals surface area contributed by atoms with E-state index in [1.54, 1.807) is 17.9 Å². The molecule has 1 aliphatic heterocycles. The summed E-state index contributed by atoms with van der Waals surface area (Å²) >= 11 is 0. The topological polar surface area (TPSA) is 65.1 Å². The third kappa shape index (κ3) is 7.06. The van der Waals surface area contributed by atoms with Crippen molar-refractivity contribution >= 4 is 12.1 Å². The Balaban J connectivity index is 2.03. The second-order valence-electron chi connectivity index (χ2n) is 7.47. The van der Waals surface area contributed by atoms with Gasteiger partial charge in [-0.1, -0.05) is 36.4 Å². The van der Waals surface area contributed by atoms with Crippen molar-refractivity contribution in [3.8, 4) is 0 Å². The maximum absolute atomic E-state index is 12.6. The third-order valence-electron chi connectivity index (χ3n) is 4.00. The van der Waals surface area contributed by atoms with Crippen molar-refractivity contribution in [2.45, 2.75) is 58.5 Å². The van der Waals surface area contributed by atoms with Gasteiger partial charge in [-0.25, -0.2) is 9.59 Å². The maximum atomic E-state index is 12.6. The number of esters is 1. The molecule has 148 valence electrons. The van der Waals surface area contributed by atoms with E-state index in [0.717, 1.165) is 5.56 Å². The number of rotatable bonds is 6. The van der Waals surface area contributed by atoms with Crippen LogP contribution in [0.15, 0.2) is 42.5 Å². The largest absolute Gasteiger partial charge is 0.463 e. The Hall–Kier alpha value is -2.34. The Morgan fingerprint density at radius 3 is 2.56 bits per heavy atom. The Bertz CT molecular complexity index is 650. The molecule has 0 N–H and O–H groups in total. The summed E-state index contributed by atoms with van der Waals surface area (Å²) in [6.07, 6.45) is 3.11. The standard InChI is InChI=1S/C21H29NO5/c1-5-25-19(23)12-11-17-13-18(26-15-16-9-7-6-8-10-16)14-22(17)20(24)27-21(2,3)4/h6-12,17-18H,5,13-15H2,1-4H3/b12-11+/t17-,18-/m1/s1. The van der Waals surface area contributed by atoms with Gasteiger partial charge < -0.3 is 14.2 Å². The number of carbonyl (C=O) groups is 2. The molecule has 1 saturated heterocycles. The van der Waals surface area contributed by atoms with E-state index in [0.29, 0.717) is 26.2 Å². The average Bonchev–Trinajstić information content (AvgIpc) is 3.01. The molecular weight excluding hydrogens is 346 g/mol. The van der Waals surface area contributed by atoms with Gasteiger partial charge in [-0.05, 0) is 39.7 Å². The Morgan fingerprint density at radius 1 is 1.22 bits per heavy atom. The number of ether oxygens (including phenoxy) is 3. The summed E-state index contributed by atoms with van der Waals surface area (Å²) in [5, 5.41) is 0. The van der Waals surface area contributed by atoms with Crippen molar-refractivity contribution in [3.63, 3.8) is 0 Å². The highest BCUT2D eigenvalue weighted by Crippen LogP contribution is 2.25. The van der Waals surface area contributed by atoms with Gasteiger partial charge in [0.2, 0.25) is 0 Å². The van der Waals surface area contributed by atoms with Crippen molar-refractivity contribution in [3.05, 3.63) is 48.0 Å². The molecule has 1 fully saturated rings. The zero-order valence-corrected chi connectivity index (χ0v) is 16.5. The fourth-order valence-corrected chi connectivity index (χ4v) is 2.83. The summed E-state index contributed by atoms with van der Waals surface area (Å²) in [5.41, 5.74) is 0.488. The number of nitrogens with zero attached hydrogens (tertiary/aromatic N) is 1. The lowest BCUT2D eigenvalue weighted by atomic mass is 10.2. The SMILES string of the molecule is CCOC(=O)/C=C/[C@@H]1C[C@@H](OCc2ccccc2)CN1C(=O)OC(C)(C)C. The number of likely N-dealkylation sites (tertiary alicyclic amines) is 1. The fraction of sp³-hybridized carbons (Fsp3) is 0.524. The first-order valence-corrected chi connectivity index (χ1v) is 9.28. The molecule has 6 nitrogen and oxygen atoms in total. The summed E-state index contributed by atoms with van der Waals surface area (Å²) in [6.45, 7) is 8.44. The van der Waals surface area contributed by atoms with E-state index in [2.05, 4.69) is 0 Å². The molecule has 0 unspecified atom stereocenters. The molecule has 2 rings (SSSR count). The minimum atomic E-state index is -0.588. The zero-order valence-electron chi connectivity index (χ0n) is 16.5. The van der Waals surface area contributed by atoms with Crippen LogP contribution in [0.2, 0.25) is 0 Å². The second-order valence-corrected chi connectivity index (χ2v) is 7.47. The van der Waals surface area contributed by atoms with Gasteiger partial charge in [0.25, 0.3) is 0 Å². The Morgan fingerprint density at radius 2 is 1.93 bits per heavy atom. The Labute approximate surface area is 161 Å². The molecule has 1 aromatic rings. The van der Waals surface area contributed by atoms with E-state index in [1.165, 1.54) is 6.08 Å². The van der Waals surface area contributed by atoms with Gasteiger partial charge in [-0.2, -0.15) is 0 Å². The summed E-state index contributed by atoms with van der Waals surface area (Å²) in [4.78, 5) is 25.8. The molecule has 1 aromatic carbocycles. The minimum Gasteiger partial charge on any atom is -0.463 e. The molecule has 2 atom stereocenters. The highest BCUT2D eigenvalue weighted by Gasteiger charge is 2.37. The van der Waals surface area contributed by atoms with Crippen LogP contribution in [-0.4, -0.2) is 47.9 Å². The maximum Gasteiger partial charge on any atom is 0.410 e. The second kappa shape index (κ2) is 9.55.